The molecule has 0 N–H and O–H groups in total. The quantitative estimate of drug-likeness (QED) is 0.0665. The van der Waals surface area contributed by atoms with Gasteiger partial charge in [-0.1, -0.05) is 168 Å². The highest BCUT2D eigenvalue weighted by atomic mass is 16.5. The lowest BCUT2D eigenvalue weighted by Gasteiger charge is -2.07. The Balaban J connectivity index is 0. The number of ether oxygens (including phenoxy) is 2. The van der Waals surface area contributed by atoms with Crippen LogP contribution >= 0.6 is 0 Å². The summed E-state index contributed by atoms with van der Waals surface area (Å²) in [5, 5.41) is 0. The fourth-order valence-electron chi connectivity index (χ4n) is 5.00. The molecule has 0 aliphatic heterocycles. The van der Waals surface area contributed by atoms with Crippen LogP contribution in [0.4, 0.5) is 0 Å². The molecule has 0 aliphatic carbocycles. The van der Waals surface area contributed by atoms with Gasteiger partial charge >= 0.3 is 11.9 Å². The average Bonchev–Trinajstić information content (AvgIpc) is 2.93. The van der Waals surface area contributed by atoms with E-state index in [4.69, 9.17) is 4.74 Å². The standard InChI is InChI=1S/C19H38O2.C17H34O2/c1-3-4-5-6-7-8-9-10-11-12-13-14-15-16-17-18-19(20)21-2;1-4-5-6-7-8-9-10-11-12-13-14-15-17(18)19-16(2)3/h3-18H2,1-2H3;16H,4-15H2,1-3H3. The maximum atomic E-state index is 11.3. The number of esters is 2. The van der Waals surface area contributed by atoms with Crippen molar-refractivity contribution in [1.29, 1.82) is 0 Å². The smallest absolute Gasteiger partial charge is 0.306 e. The molecule has 0 unspecified atom stereocenters. The third-order valence-electron chi connectivity index (χ3n) is 7.56. The van der Waals surface area contributed by atoms with Crippen LogP contribution < -0.4 is 0 Å². The van der Waals surface area contributed by atoms with Gasteiger partial charge in [-0.25, -0.2) is 0 Å². The van der Waals surface area contributed by atoms with Crippen molar-refractivity contribution in [2.24, 2.45) is 0 Å². The first-order chi connectivity index (χ1) is 19.5. The van der Waals surface area contributed by atoms with Crippen LogP contribution in [0.3, 0.4) is 0 Å². The Kier molecular flexibility index (Phi) is 36.9. The van der Waals surface area contributed by atoms with Crippen molar-refractivity contribution in [3.05, 3.63) is 0 Å². The maximum absolute atomic E-state index is 11.3. The van der Waals surface area contributed by atoms with E-state index in [-0.39, 0.29) is 18.0 Å². The Morgan fingerprint density at radius 1 is 0.425 bits per heavy atom. The second kappa shape index (κ2) is 36.0. The molecule has 0 amide bonds. The molecule has 0 bridgehead atoms. The van der Waals surface area contributed by atoms with Gasteiger partial charge in [0.2, 0.25) is 0 Å². The number of hydrogen-bond acceptors (Lipinski definition) is 4. The molecular formula is C36H72O4. The lowest BCUT2D eigenvalue weighted by atomic mass is 10.0. The van der Waals surface area contributed by atoms with Crippen LogP contribution in [0.1, 0.15) is 207 Å². The van der Waals surface area contributed by atoms with Gasteiger partial charge in [0.25, 0.3) is 0 Å². The summed E-state index contributed by atoms with van der Waals surface area (Å²) in [7, 11) is 1.47. The molecule has 0 saturated carbocycles. The van der Waals surface area contributed by atoms with E-state index in [2.05, 4.69) is 18.6 Å². The molecule has 240 valence electrons. The first-order valence-corrected chi connectivity index (χ1v) is 17.7. The van der Waals surface area contributed by atoms with E-state index in [1.807, 2.05) is 13.8 Å². The third kappa shape index (κ3) is 39.1. The van der Waals surface area contributed by atoms with Crippen molar-refractivity contribution in [2.45, 2.75) is 214 Å². The fraction of sp³-hybridized carbons (Fsp3) is 0.944. The molecule has 0 rings (SSSR count). The summed E-state index contributed by atoms with van der Waals surface area (Å²) in [6, 6.07) is 0. The fourth-order valence-corrected chi connectivity index (χ4v) is 5.00. The van der Waals surface area contributed by atoms with Crippen molar-refractivity contribution in [3.63, 3.8) is 0 Å². The lowest BCUT2D eigenvalue weighted by molar-refractivity contribution is -0.147. The zero-order valence-electron chi connectivity index (χ0n) is 28.0. The molecule has 0 radical (unpaired) electrons. The maximum Gasteiger partial charge on any atom is 0.306 e. The topological polar surface area (TPSA) is 52.6 Å². The molecule has 0 aromatic heterocycles. The zero-order valence-corrected chi connectivity index (χ0v) is 28.0. The van der Waals surface area contributed by atoms with Crippen LogP contribution in [0.25, 0.3) is 0 Å². The van der Waals surface area contributed by atoms with E-state index in [9.17, 15) is 9.59 Å². The van der Waals surface area contributed by atoms with Crippen molar-refractivity contribution in [3.8, 4) is 0 Å². The second-order valence-electron chi connectivity index (χ2n) is 12.1. The van der Waals surface area contributed by atoms with Gasteiger partial charge in [0.1, 0.15) is 0 Å². The Hall–Kier alpha value is -1.06. The Morgan fingerprint density at radius 3 is 0.925 bits per heavy atom. The third-order valence-corrected chi connectivity index (χ3v) is 7.56. The van der Waals surface area contributed by atoms with Crippen molar-refractivity contribution < 1.29 is 19.1 Å². The Morgan fingerprint density at radius 2 is 0.675 bits per heavy atom. The highest BCUT2D eigenvalue weighted by molar-refractivity contribution is 5.69. The van der Waals surface area contributed by atoms with Crippen LogP contribution in [0.15, 0.2) is 0 Å². The van der Waals surface area contributed by atoms with Crippen molar-refractivity contribution in [1.82, 2.24) is 0 Å². The van der Waals surface area contributed by atoms with Crippen molar-refractivity contribution in [2.75, 3.05) is 7.11 Å². The van der Waals surface area contributed by atoms with Crippen molar-refractivity contribution >= 4 is 11.9 Å². The summed E-state index contributed by atoms with van der Waals surface area (Å²) in [6.07, 6.45) is 36.0. The first-order valence-electron chi connectivity index (χ1n) is 17.7. The average molecular weight is 569 g/mol. The molecule has 4 heteroatoms. The summed E-state index contributed by atoms with van der Waals surface area (Å²) in [4.78, 5) is 22.2. The predicted octanol–water partition coefficient (Wildman–Crippen LogP) is 12.1. The predicted molar refractivity (Wildman–Crippen MR) is 174 cm³/mol. The molecule has 0 atom stereocenters. The number of rotatable bonds is 29. The van der Waals surface area contributed by atoms with Gasteiger partial charge in [-0.05, 0) is 26.7 Å². The summed E-state index contributed by atoms with van der Waals surface area (Å²) in [6.45, 7) is 8.34. The van der Waals surface area contributed by atoms with E-state index >= 15 is 0 Å². The minimum Gasteiger partial charge on any atom is -0.469 e. The highest BCUT2D eigenvalue weighted by Gasteiger charge is 2.04. The second-order valence-corrected chi connectivity index (χ2v) is 12.1. The Bertz CT molecular complexity index is 503. The molecule has 0 fully saturated rings. The summed E-state index contributed by atoms with van der Waals surface area (Å²) in [5.41, 5.74) is 0. The van der Waals surface area contributed by atoms with Gasteiger partial charge in [-0.15, -0.1) is 0 Å². The van der Waals surface area contributed by atoms with Gasteiger partial charge in [0.05, 0.1) is 13.2 Å². The number of carbonyl (C=O) groups excluding carboxylic acids is 2. The van der Waals surface area contributed by atoms with Gasteiger partial charge in [0, 0.05) is 12.8 Å². The molecule has 0 spiro atoms. The van der Waals surface area contributed by atoms with Crippen LogP contribution in [0.2, 0.25) is 0 Å². The molecule has 0 aromatic rings. The van der Waals surface area contributed by atoms with Crippen LogP contribution in [0, 0.1) is 0 Å². The number of hydrogen-bond donors (Lipinski definition) is 0. The zero-order chi connectivity index (χ0) is 29.9. The lowest BCUT2D eigenvalue weighted by Crippen LogP contribution is -2.10. The molecule has 0 heterocycles. The monoisotopic (exact) mass is 569 g/mol. The molecular weight excluding hydrogens is 496 g/mol. The van der Waals surface area contributed by atoms with E-state index in [0.29, 0.717) is 12.8 Å². The number of unbranched alkanes of at least 4 members (excludes halogenated alkanes) is 24. The van der Waals surface area contributed by atoms with E-state index in [0.717, 1.165) is 12.8 Å². The van der Waals surface area contributed by atoms with Crippen LogP contribution in [-0.2, 0) is 19.1 Å². The summed E-state index contributed by atoms with van der Waals surface area (Å²) < 4.78 is 9.73. The molecule has 0 saturated heterocycles. The minimum absolute atomic E-state index is 0.0280. The minimum atomic E-state index is -0.0651. The molecule has 4 nitrogen and oxygen atoms in total. The highest BCUT2D eigenvalue weighted by Crippen LogP contribution is 2.14. The van der Waals surface area contributed by atoms with Gasteiger partial charge in [-0.2, -0.15) is 0 Å². The summed E-state index contributed by atoms with van der Waals surface area (Å²) >= 11 is 0. The van der Waals surface area contributed by atoms with E-state index in [1.54, 1.807) is 0 Å². The van der Waals surface area contributed by atoms with E-state index in [1.165, 1.54) is 161 Å². The van der Waals surface area contributed by atoms with Gasteiger partial charge in [0.15, 0.2) is 0 Å². The van der Waals surface area contributed by atoms with E-state index < -0.39 is 0 Å². The van der Waals surface area contributed by atoms with Gasteiger partial charge in [-0.3, -0.25) is 9.59 Å². The Labute approximate surface area is 251 Å². The van der Waals surface area contributed by atoms with Crippen LogP contribution in [-0.4, -0.2) is 25.2 Å². The first kappa shape index (κ1) is 41.1. The SMILES string of the molecule is CCCCCCCCCCCCCC(=O)OC(C)C.CCCCCCCCCCCCCCCCCC(=O)OC. The number of carbonyl (C=O) groups is 2. The normalized spacial score (nSPS) is 10.8. The molecule has 0 aliphatic rings. The molecule has 0 aromatic carbocycles. The summed E-state index contributed by atoms with van der Waals surface area (Å²) in [5.74, 6) is -0.101. The van der Waals surface area contributed by atoms with Gasteiger partial charge < -0.3 is 9.47 Å². The molecule has 40 heavy (non-hydrogen) atoms. The van der Waals surface area contributed by atoms with Crippen LogP contribution in [0.5, 0.6) is 0 Å². The largest absolute Gasteiger partial charge is 0.469 e. The number of methoxy groups -OCH3 is 1.